The predicted molar refractivity (Wildman–Crippen MR) is 86.8 cm³/mol. The van der Waals surface area contributed by atoms with Gasteiger partial charge in [-0.15, -0.1) is 0 Å². The molecule has 2 aromatic rings. The third-order valence-corrected chi connectivity index (χ3v) is 3.39. The number of hydrogen-bond acceptors (Lipinski definition) is 3. The van der Waals surface area contributed by atoms with E-state index in [0.29, 0.717) is 27.8 Å². The van der Waals surface area contributed by atoms with E-state index < -0.39 is 17.7 Å². The van der Waals surface area contributed by atoms with Crippen molar-refractivity contribution >= 4 is 23.3 Å². The van der Waals surface area contributed by atoms with Crippen molar-refractivity contribution in [2.45, 2.75) is 6.54 Å². The topological polar surface area (TPSA) is 59.6 Å². The van der Waals surface area contributed by atoms with Crippen molar-refractivity contribution in [3.05, 3.63) is 52.6 Å². The van der Waals surface area contributed by atoms with E-state index in [0.717, 1.165) is 18.2 Å². The summed E-state index contributed by atoms with van der Waals surface area (Å²) in [6.07, 6.45) is 0. The minimum Gasteiger partial charge on any atom is -0.495 e. The fraction of sp³-hybridized carbons (Fsp3) is 0.188. The number of urea groups is 1. The van der Waals surface area contributed by atoms with E-state index in [2.05, 4.69) is 10.6 Å². The minimum atomic E-state index is -0.712. The molecule has 0 atom stereocenters. The Kier molecular flexibility index (Phi) is 5.81. The highest BCUT2D eigenvalue weighted by Crippen LogP contribution is 2.35. The van der Waals surface area contributed by atoms with Gasteiger partial charge in [0.2, 0.25) is 0 Å². The molecule has 0 radical (unpaired) electrons. The van der Waals surface area contributed by atoms with Gasteiger partial charge in [0, 0.05) is 24.7 Å². The normalized spacial score (nSPS) is 10.2. The molecule has 8 heteroatoms. The Hall–Kier alpha value is -2.54. The molecule has 2 rings (SSSR count). The number of anilines is 1. The lowest BCUT2D eigenvalue weighted by molar-refractivity contribution is 0.251. The maximum absolute atomic E-state index is 13.1. The van der Waals surface area contributed by atoms with Gasteiger partial charge in [-0.3, -0.25) is 0 Å². The summed E-state index contributed by atoms with van der Waals surface area (Å²) in [4.78, 5) is 12.0. The molecule has 2 N–H and O–H groups in total. The summed E-state index contributed by atoms with van der Waals surface area (Å²) in [6.45, 7) is -0.0481. The molecule has 5 nitrogen and oxygen atoms in total. The molecule has 0 fully saturated rings. The molecule has 0 saturated carbocycles. The first-order valence-electron chi connectivity index (χ1n) is 6.84. The van der Waals surface area contributed by atoms with Gasteiger partial charge in [-0.25, -0.2) is 13.6 Å². The highest BCUT2D eigenvalue weighted by atomic mass is 35.5. The molecule has 24 heavy (non-hydrogen) atoms. The monoisotopic (exact) mass is 356 g/mol. The SMILES string of the molecule is COc1cc(NC(=O)NCc2cc(F)cc(F)c2)c(OC)cc1Cl. The third kappa shape index (κ3) is 4.48. The van der Waals surface area contributed by atoms with E-state index in [1.807, 2.05) is 0 Å². The number of hydrogen-bond donors (Lipinski definition) is 2. The van der Waals surface area contributed by atoms with Crippen LogP contribution in [0.3, 0.4) is 0 Å². The van der Waals surface area contributed by atoms with Crippen LogP contribution >= 0.6 is 11.6 Å². The quantitative estimate of drug-likeness (QED) is 0.852. The van der Waals surface area contributed by atoms with Crippen LogP contribution in [-0.4, -0.2) is 20.3 Å². The molecular weight excluding hydrogens is 342 g/mol. The standard InChI is InChI=1S/C16H15ClF2N2O3/c1-23-14-7-13(15(24-2)6-12(14)17)21-16(22)20-8-9-3-10(18)5-11(19)4-9/h3-7H,8H2,1-2H3,(H2,20,21,22). The number of carbonyl (C=O) groups excluding carboxylic acids is 1. The van der Waals surface area contributed by atoms with Crippen LogP contribution < -0.4 is 20.1 Å². The van der Waals surface area contributed by atoms with Crippen LogP contribution in [0.5, 0.6) is 11.5 Å². The summed E-state index contributed by atoms with van der Waals surface area (Å²) >= 11 is 5.98. The Morgan fingerprint density at radius 2 is 1.67 bits per heavy atom. The minimum absolute atomic E-state index is 0.0481. The molecular formula is C16H15ClF2N2O3. The molecule has 2 aromatic carbocycles. The first-order valence-corrected chi connectivity index (χ1v) is 7.22. The second-order valence-electron chi connectivity index (χ2n) is 4.77. The Morgan fingerprint density at radius 3 is 2.25 bits per heavy atom. The highest BCUT2D eigenvalue weighted by molar-refractivity contribution is 6.32. The molecule has 0 aliphatic heterocycles. The Bertz CT molecular complexity index is 736. The molecule has 0 spiro atoms. The van der Waals surface area contributed by atoms with Crippen LogP contribution in [0.1, 0.15) is 5.56 Å². The zero-order valence-electron chi connectivity index (χ0n) is 13.0. The van der Waals surface area contributed by atoms with Gasteiger partial charge in [-0.1, -0.05) is 11.6 Å². The van der Waals surface area contributed by atoms with Crippen LogP contribution in [0.25, 0.3) is 0 Å². The van der Waals surface area contributed by atoms with Gasteiger partial charge in [0.05, 0.1) is 24.9 Å². The van der Waals surface area contributed by atoms with E-state index in [-0.39, 0.29) is 6.54 Å². The van der Waals surface area contributed by atoms with Gasteiger partial charge in [-0.05, 0) is 17.7 Å². The number of nitrogens with one attached hydrogen (secondary N) is 2. The summed E-state index contributed by atoms with van der Waals surface area (Å²) in [6, 6.07) is 5.45. The number of amides is 2. The summed E-state index contributed by atoms with van der Waals surface area (Å²) in [7, 11) is 2.87. The van der Waals surface area contributed by atoms with Crippen LogP contribution in [0.4, 0.5) is 19.3 Å². The summed E-state index contributed by atoms with van der Waals surface area (Å²) < 4.78 is 36.4. The molecule has 0 saturated heterocycles. The molecule has 0 heterocycles. The highest BCUT2D eigenvalue weighted by Gasteiger charge is 2.12. The molecule has 0 unspecified atom stereocenters. The average Bonchev–Trinajstić information content (AvgIpc) is 2.53. The molecule has 0 bridgehead atoms. The Balaban J connectivity index is 2.06. The largest absolute Gasteiger partial charge is 0.495 e. The van der Waals surface area contributed by atoms with E-state index in [1.54, 1.807) is 0 Å². The van der Waals surface area contributed by atoms with Crippen LogP contribution in [0, 0.1) is 11.6 Å². The van der Waals surface area contributed by atoms with Gasteiger partial charge in [-0.2, -0.15) is 0 Å². The summed E-state index contributed by atoms with van der Waals surface area (Å²) in [5, 5.41) is 5.38. The molecule has 0 aliphatic rings. The fourth-order valence-electron chi connectivity index (χ4n) is 2.02. The van der Waals surface area contributed by atoms with Gasteiger partial charge in [0.25, 0.3) is 0 Å². The van der Waals surface area contributed by atoms with Gasteiger partial charge in [0.1, 0.15) is 23.1 Å². The Morgan fingerprint density at radius 1 is 1.04 bits per heavy atom. The molecule has 2 amide bonds. The fourth-order valence-corrected chi connectivity index (χ4v) is 2.25. The lowest BCUT2D eigenvalue weighted by Gasteiger charge is -2.13. The van der Waals surface area contributed by atoms with Crippen molar-refractivity contribution in [1.82, 2.24) is 5.32 Å². The smallest absolute Gasteiger partial charge is 0.319 e. The summed E-state index contributed by atoms with van der Waals surface area (Å²) in [5.74, 6) is -0.722. The van der Waals surface area contributed by atoms with Crippen molar-refractivity contribution in [3.63, 3.8) is 0 Å². The second-order valence-corrected chi connectivity index (χ2v) is 5.18. The third-order valence-electron chi connectivity index (χ3n) is 3.10. The van der Waals surface area contributed by atoms with Gasteiger partial charge < -0.3 is 20.1 Å². The zero-order valence-corrected chi connectivity index (χ0v) is 13.7. The first kappa shape index (κ1) is 17.8. The summed E-state index contributed by atoms with van der Waals surface area (Å²) in [5.41, 5.74) is 0.630. The van der Waals surface area contributed by atoms with Crippen molar-refractivity contribution in [2.75, 3.05) is 19.5 Å². The predicted octanol–water partition coefficient (Wildman–Crippen LogP) is 3.96. The first-order chi connectivity index (χ1) is 11.4. The lowest BCUT2D eigenvalue weighted by atomic mass is 10.2. The maximum Gasteiger partial charge on any atom is 0.319 e. The average molecular weight is 357 g/mol. The van der Waals surface area contributed by atoms with Crippen LogP contribution in [0.2, 0.25) is 5.02 Å². The van der Waals surface area contributed by atoms with Crippen molar-refractivity contribution in [2.24, 2.45) is 0 Å². The van der Waals surface area contributed by atoms with Crippen molar-refractivity contribution in [1.29, 1.82) is 0 Å². The molecule has 0 aromatic heterocycles. The number of halogens is 3. The second kappa shape index (κ2) is 7.83. The molecule has 0 aliphatic carbocycles. The zero-order chi connectivity index (χ0) is 17.7. The van der Waals surface area contributed by atoms with Crippen LogP contribution in [-0.2, 0) is 6.54 Å². The lowest BCUT2D eigenvalue weighted by Crippen LogP contribution is -2.28. The molecule has 128 valence electrons. The number of rotatable bonds is 5. The number of methoxy groups -OCH3 is 2. The van der Waals surface area contributed by atoms with Crippen molar-refractivity contribution in [3.8, 4) is 11.5 Å². The van der Waals surface area contributed by atoms with E-state index in [4.69, 9.17) is 21.1 Å². The number of carbonyl (C=O) groups is 1. The number of ether oxygens (including phenoxy) is 2. The van der Waals surface area contributed by atoms with Crippen LogP contribution in [0.15, 0.2) is 30.3 Å². The Labute approximate surface area is 142 Å². The van der Waals surface area contributed by atoms with Gasteiger partial charge in [0.15, 0.2) is 0 Å². The maximum atomic E-state index is 13.1. The van der Waals surface area contributed by atoms with Crippen molar-refractivity contribution < 1.29 is 23.0 Å². The number of benzene rings is 2. The van der Waals surface area contributed by atoms with E-state index >= 15 is 0 Å². The van der Waals surface area contributed by atoms with E-state index in [1.165, 1.54) is 26.4 Å². The van der Waals surface area contributed by atoms with E-state index in [9.17, 15) is 13.6 Å². The van der Waals surface area contributed by atoms with Gasteiger partial charge >= 0.3 is 6.03 Å².